The monoisotopic (exact) mass is 357 g/mol. The molecule has 1 heterocycles. The molecule has 0 spiro atoms. The zero-order valence-electron chi connectivity index (χ0n) is 11.4. The highest BCUT2D eigenvalue weighted by Crippen LogP contribution is 2.29. The van der Waals surface area contributed by atoms with Gasteiger partial charge in [-0.15, -0.1) is 0 Å². The summed E-state index contributed by atoms with van der Waals surface area (Å²) in [5.74, 6) is 1.14. The van der Waals surface area contributed by atoms with E-state index in [0.717, 1.165) is 5.56 Å². The number of nitrogens with two attached hydrogens (primary N) is 1. The Labute approximate surface area is 142 Å². The number of benzene rings is 1. The van der Waals surface area contributed by atoms with E-state index in [-0.39, 0.29) is 18.3 Å². The summed E-state index contributed by atoms with van der Waals surface area (Å²) in [5.41, 5.74) is 6.29. The van der Waals surface area contributed by atoms with Crippen LogP contribution in [0.2, 0.25) is 10.0 Å². The fourth-order valence-corrected chi connectivity index (χ4v) is 2.11. The lowest BCUT2D eigenvalue weighted by Gasteiger charge is -2.14. The van der Waals surface area contributed by atoms with Crippen molar-refractivity contribution in [1.29, 1.82) is 0 Å². The molecule has 0 saturated carbocycles. The molecule has 0 amide bonds. The first-order valence-electron chi connectivity index (χ1n) is 6.28. The van der Waals surface area contributed by atoms with Gasteiger partial charge < -0.3 is 15.3 Å². The predicted molar refractivity (Wildman–Crippen MR) is 92.3 cm³/mol. The molecule has 116 valence electrons. The molecule has 5 nitrogen and oxygen atoms in total. The average molecular weight is 358 g/mol. The maximum atomic E-state index is 8.91. The molecule has 0 unspecified atom stereocenters. The van der Waals surface area contributed by atoms with Crippen LogP contribution in [0, 0.1) is 0 Å². The number of hydrazone groups is 1. The minimum Gasteiger partial charge on any atom is -0.455 e. The molecule has 0 aliphatic rings. The maximum absolute atomic E-state index is 8.91. The van der Waals surface area contributed by atoms with Crippen LogP contribution in [0.15, 0.2) is 39.9 Å². The molecule has 2 rings (SSSR count). The Hall–Kier alpha value is -1.60. The van der Waals surface area contributed by atoms with Gasteiger partial charge >= 0.3 is 0 Å². The van der Waals surface area contributed by atoms with Gasteiger partial charge in [-0.2, -0.15) is 5.10 Å². The fraction of sp³-hybridized carbons (Fsp3) is 0.143. The maximum Gasteiger partial charge on any atom is 0.187 e. The van der Waals surface area contributed by atoms with E-state index < -0.39 is 0 Å². The molecule has 0 bridgehead atoms. The van der Waals surface area contributed by atoms with Crippen LogP contribution in [0.25, 0.3) is 11.3 Å². The van der Waals surface area contributed by atoms with E-state index in [9.17, 15) is 0 Å². The highest BCUT2D eigenvalue weighted by molar-refractivity contribution is 7.80. The molecular formula is C14H13Cl2N3O2S. The number of furan rings is 1. The van der Waals surface area contributed by atoms with E-state index in [1.54, 1.807) is 30.3 Å². The van der Waals surface area contributed by atoms with E-state index in [2.05, 4.69) is 5.10 Å². The summed E-state index contributed by atoms with van der Waals surface area (Å²) in [7, 11) is 0. The van der Waals surface area contributed by atoms with Crippen LogP contribution in [-0.4, -0.2) is 34.6 Å². The number of hydrogen-bond acceptors (Lipinski definition) is 4. The second-order valence-corrected chi connectivity index (χ2v) is 5.49. The molecule has 0 saturated heterocycles. The Kier molecular flexibility index (Phi) is 5.79. The van der Waals surface area contributed by atoms with Gasteiger partial charge in [0.05, 0.1) is 29.4 Å². The Morgan fingerprint density at radius 3 is 2.73 bits per heavy atom. The van der Waals surface area contributed by atoms with E-state index in [1.165, 1.54) is 11.2 Å². The standard InChI is InChI=1S/C14H13Cl2N3O2S/c15-11-3-1-9(7-12(11)16)13-4-2-10(21-13)8-18-19(5-6-20)14(17)22/h1-4,7-8,20H,5-6H2,(H2,17,22). The van der Waals surface area contributed by atoms with Crippen molar-refractivity contribution < 1.29 is 9.52 Å². The summed E-state index contributed by atoms with van der Waals surface area (Å²) < 4.78 is 5.65. The third kappa shape index (κ3) is 4.20. The molecule has 22 heavy (non-hydrogen) atoms. The number of nitrogens with zero attached hydrogens (tertiary/aromatic N) is 2. The fourth-order valence-electron chi connectivity index (χ4n) is 1.67. The van der Waals surface area contributed by atoms with Crippen molar-refractivity contribution in [3.8, 4) is 11.3 Å². The van der Waals surface area contributed by atoms with Gasteiger partial charge in [0.15, 0.2) is 5.11 Å². The minimum atomic E-state index is -0.110. The molecule has 8 heteroatoms. The Bertz CT molecular complexity index is 703. The van der Waals surface area contributed by atoms with Crippen molar-refractivity contribution in [2.24, 2.45) is 10.8 Å². The first-order valence-corrected chi connectivity index (χ1v) is 7.44. The van der Waals surface area contributed by atoms with Gasteiger partial charge in [0, 0.05) is 5.56 Å². The van der Waals surface area contributed by atoms with Crippen LogP contribution >= 0.6 is 35.4 Å². The summed E-state index contributed by atoms with van der Waals surface area (Å²) in [5, 5.41) is 15.3. The van der Waals surface area contributed by atoms with E-state index in [1.807, 2.05) is 0 Å². The molecular weight excluding hydrogens is 345 g/mol. The lowest BCUT2D eigenvalue weighted by molar-refractivity contribution is 0.254. The van der Waals surface area contributed by atoms with Crippen LogP contribution in [0.1, 0.15) is 5.76 Å². The number of aliphatic hydroxyl groups excluding tert-OH is 1. The molecule has 0 atom stereocenters. The van der Waals surface area contributed by atoms with Gasteiger partial charge in [-0.05, 0) is 42.5 Å². The first kappa shape index (κ1) is 16.8. The van der Waals surface area contributed by atoms with Gasteiger partial charge in [0.1, 0.15) is 11.5 Å². The molecule has 0 fully saturated rings. The van der Waals surface area contributed by atoms with Crippen molar-refractivity contribution in [1.82, 2.24) is 5.01 Å². The molecule has 2 aromatic rings. The molecule has 0 radical (unpaired) electrons. The van der Waals surface area contributed by atoms with Gasteiger partial charge in [-0.1, -0.05) is 23.2 Å². The van der Waals surface area contributed by atoms with Crippen LogP contribution in [0.4, 0.5) is 0 Å². The Morgan fingerprint density at radius 2 is 2.09 bits per heavy atom. The van der Waals surface area contributed by atoms with Crippen LogP contribution < -0.4 is 5.73 Å². The number of thiocarbonyl (C=S) groups is 1. The second-order valence-electron chi connectivity index (χ2n) is 4.26. The number of aliphatic hydroxyl groups is 1. The largest absolute Gasteiger partial charge is 0.455 e. The zero-order chi connectivity index (χ0) is 16.1. The van der Waals surface area contributed by atoms with Gasteiger partial charge in [-0.3, -0.25) is 0 Å². The van der Waals surface area contributed by atoms with Crippen LogP contribution in [0.5, 0.6) is 0 Å². The minimum absolute atomic E-state index is 0.0709. The summed E-state index contributed by atoms with van der Waals surface area (Å²) in [6.07, 6.45) is 1.47. The van der Waals surface area contributed by atoms with E-state index in [4.69, 9.17) is 50.7 Å². The van der Waals surface area contributed by atoms with Crippen molar-refractivity contribution in [2.75, 3.05) is 13.2 Å². The predicted octanol–water partition coefficient (Wildman–Crippen LogP) is 3.13. The zero-order valence-corrected chi connectivity index (χ0v) is 13.7. The summed E-state index contributed by atoms with van der Waals surface area (Å²) in [4.78, 5) is 0. The number of halogens is 2. The number of hydrogen-bond donors (Lipinski definition) is 2. The first-order chi connectivity index (χ1) is 10.5. The average Bonchev–Trinajstić information content (AvgIpc) is 2.95. The summed E-state index contributed by atoms with van der Waals surface area (Å²) >= 11 is 16.7. The van der Waals surface area contributed by atoms with Gasteiger partial charge in [0.25, 0.3) is 0 Å². The molecule has 0 aliphatic heterocycles. The third-order valence-corrected chi connectivity index (χ3v) is 3.67. The molecule has 1 aromatic carbocycles. The quantitative estimate of drug-likeness (QED) is 0.488. The number of rotatable bonds is 5. The highest BCUT2D eigenvalue weighted by atomic mass is 35.5. The summed E-state index contributed by atoms with van der Waals surface area (Å²) in [6, 6.07) is 8.76. The third-order valence-electron chi connectivity index (χ3n) is 2.72. The van der Waals surface area contributed by atoms with Gasteiger partial charge in [-0.25, -0.2) is 5.01 Å². The van der Waals surface area contributed by atoms with Crippen molar-refractivity contribution in [2.45, 2.75) is 0 Å². The Balaban J connectivity index is 2.17. The lowest BCUT2D eigenvalue weighted by atomic mass is 10.2. The lowest BCUT2D eigenvalue weighted by Crippen LogP contribution is -2.33. The van der Waals surface area contributed by atoms with Crippen molar-refractivity contribution in [3.05, 3.63) is 46.1 Å². The summed E-state index contributed by atoms with van der Waals surface area (Å²) in [6.45, 7) is 0.105. The molecule has 0 aliphatic carbocycles. The Morgan fingerprint density at radius 1 is 1.32 bits per heavy atom. The van der Waals surface area contributed by atoms with Crippen molar-refractivity contribution in [3.63, 3.8) is 0 Å². The van der Waals surface area contributed by atoms with Crippen molar-refractivity contribution >= 4 is 46.7 Å². The van der Waals surface area contributed by atoms with Crippen LogP contribution in [0.3, 0.4) is 0 Å². The molecule has 1 aromatic heterocycles. The second kappa shape index (κ2) is 7.60. The smallest absolute Gasteiger partial charge is 0.187 e. The van der Waals surface area contributed by atoms with E-state index >= 15 is 0 Å². The molecule has 3 N–H and O–H groups in total. The topological polar surface area (TPSA) is 75.0 Å². The highest BCUT2D eigenvalue weighted by Gasteiger charge is 2.07. The van der Waals surface area contributed by atoms with Gasteiger partial charge in [0.2, 0.25) is 0 Å². The van der Waals surface area contributed by atoms with E-state index in [0.29, 0.717) is 21.6 Å². The SMILES string of the molecule is NC(=S)N(CCO)N=Cc1ccc(-c2ccc(Cl)c(Cl)c2)o1. The normalized spacial score (nSPS) is 11.0. The van der Waals surface area contributed by atoms with Crippen LogP contribution in [-0.2, 0) is 0 Å².